The molecule has 1 heterocycles. The van der Waals surface area contributed by atoms with Crippen LogP contribution in [0.15, 0.2) is 0 Å². The van der Waals surface area contributed by atoms with Gasteiger partial charge in [-0.2, -0.15) is 0 Å². The number of carbonyl (C=O) groups is 1. The molecule has 1 saturated heterocycles. The number of rotatable bonds is 1. The third-order valence-electron chi connectivity index (χ3n) is 2.09. The maximum absolute atomic E-state index is 10.8. The molecule has 1 aliphatic heterocycles. The van der Waals surface area contributed by atoms with Gasteiger partial charge in [-0.15, -0.1) is 0 Å². The van der Waals surface area contributed by atoms with E-state index in [0.717, 1.165) is 25.9 Å². The van der Waals surface area contributed by atoms with Crippen LogP contribution in [0.3, 0.4) is 0 Å². The second-order valence-corrected chi connectivity index (χ2v) is 4.28. The van der Waals surface area contributed by atoms with E-state index in [9.17, 15) is 4.79 Å². The van der Waals surface area contributed by atoms with E-state index in [1.807, 2.05) is 4.90 Å². The Hall–Kier alpha value is 0.580. The van der Waals surface area contributed by atoms with E-state index in [1.54, 1.807) is 0 Å². The normalized spacial score (nSPS) is 20.9. The van der Waals surface area contributed by atoms with Crippen molar-refractivity contribution in [1.82, 2.24) is 10.2 Å². The number of nitrogens with zero attached hydrogens (tertiary/aromatic N) is 1. The zero-order valence-corrected chi connectivity index (χ0v) is 12.2. The second kappa shape index (κ2) is 6.95. The van der Waals surface area contributed by atoms with Crippen molar-refractivity contribution in [1.29, 1.82) is 0 Å². The van der Waals surface area contributed by atoms with Crippen LogP contribution in [-0.2, 0) is 17.4 Å². The van der Waals surface area contributed by atoms with E-state index in [2.05, 4.69) is 5.32 Å². The molecule has 0 saturated carbocycles. The van der Waals surface area contributed by atoms with Gasteiger partial charge in [-0.05, 0) is 12.8 Å². The Labute approximate surface area is 118 Å². The summed E-state index contributed by atoms with van der Waals surface area (Å²) in [5.74, 6) is 0.0159. The number of thiocarbonyl (C=S) groups is 1. The summed E-state index contributed by atoms with van der Waals surface area (Å²) in [7, 11) is 0. The van der Waals surface area contributed by atoms with E-state index < -0.39 is 0 Å². The molecule has 1 fully saturated rings. The van der Waals surface area contributed by atoms with Crippen molar-refractivity contribution in [2.24, 2.45) is 0 Å². The van der Waals surface area contributed by atoms with Crippen LogP contribution in [0.4, 0.5) is 0 Å². The number of amides is 1. The van der Waals surface area contributed by atoms with Crippen molar-refractivity contribution in [3.8, 4) is 0 Å². The first-order valence-electron chi connectivity index (χ1n) is 4.32. The van der Waals surface area contributed by atoms with Crippen LogP contribution >= 0.6 is 12.2 Å². The first kappa shape index (κ1) is 14.6. The van der Waals surface area contributed by atoms with Crippen LogP contribution < -0.4 is 34.9 Å². The second-order valence-electron chi connectivity index (χ2n) is 3.25. The van der Waals surface area contributed by atoms with E-state index in [-0.39, 0.29) is 41.5 Å². The van der Waals surface area contributed by atoms with Gasteiger partial charge >= 0.3 is 29.6 Å². The molecule has 0 aromatic heterocycles. The molecule has 14 heavy (non-hydrogen) atoms. The summed E-state index contributed by atoms with van der Waals surface area (Å²) in [6, 6.07) is 0.215. The van der Waals surface area contributed by atoms with Gasteiger partial charge in [-0.3, -0.25) is 4.79 Å². The Morgan fingerprint density at radius 1 is 1.64 bits per heavy atom. The average molecular weight is 240 g/mol. The van der Waals surface area contributed by atoms with Crippen molar-refractivity contribution >= 4 is 35.1 Å². The van der Waals surface area contributed by atoms with Gasteiger partial charge < -0.3 is 35.1 Å². The van der Waals surface area contributed by atoms with Crippen LogP contribution in [0, 0.1) is 0 Å². The molecule has 0 spiro atoms. The molecule has 0 bridgehead atoms. The van der Waals surface area contributed by atoms with Crippen molar-refractivity contribution < 1.29 is 34.4 Å². The van der Waals surface area contributed by atoms with E-state index in [0.29, 0.717) is 4.32 Å². The maximum atomic E-state index is 10.8. The first-order valence-corrected chi connectivity index (χ1v) is 5.14. The van der Waals surface area contributed by atoms with Crippen molar-refractivity contribution in [2.45, 2.75) is 25.8 Å². The third kappa shape index (κ3) is 4.89. The van der Waals surface area contributed by atoms with Crippen LogP contribution in [0.1, 0.15) is 19.8 Å². The van der Waals surface area contributed by atoms with E-state index in [4.69, 9.17) is 24.8 Å². The summed E-state index contributed by atoms with van der Waals surface area (Å²) < 4.78 is 0.509. The predicted molar refractivity (Wildman–Crippen MR) is 58.4 cm³/mol. The summed E-state index contributed by atoms with van der Waals surface area (Å²) in [4.78, 5) is 12.8. The Morgan fingerprint density at radius 3 is 2.79 bits per heavy atom. The number of piperidine rings is 1. The number of hydrogen-bond donors (Lipinski definition) is 1. The quantitative estimate of drug-likeness (QED) is 0.310. The van der Waals surface area contributed by atoms with Crippen LogP contribution in [0.2, 0.25) is 0 Å². The van der Waals surface area contributed by atoms with Crippen LogP contribution in [-0.4, -0.2) is 34.3 Å². The molecule has 0 aliphatic carbocycles. The minimum Gasteiger partial charge on any atom is -0.411 e. The Kier molecular flexibility index (Phi) is 7.24. The van der Waals surface area contributed by atoms with Gasteiger partial charge in [-0.1, -0.05) is 4.32 Å². The minimum atomic E-state index is 0. The molecule has 1 amide bonds. The molecule has 0 aromatic rings. The molecule has 6 heteroatoms. The van der Waals surface area contributed by atoms with Gasteiger partial charge in [-0.25, -0.2) is 0 Å². The van der Waals surface area contributed by atoms with E-state index in [1.165, 1.54) is 6.92 Å². The standard InChI is InChI=1S/C8H14N2OS2.Na/c1-6(11)9-7-3-2-4-10(5-7)8(12)13;/h7H,2-5H2,1H3,(H,9,11)(H,12,13);/q;+1/p-1. The van der Waals surface area contributed by atoms with Gasteiger partial charge in [0.15, 0.2) is 0 Å². The molecule has 1 N–H and O–H groups in total. The first-order chi connectivity index (χ1) is 6.09. The molecule has 3 nitrogen and oxygen atoms in total. The Balaban J connectivity index is 0.00000169. The Morgan fingerprint density at radius 2 is 2.29 bits per heavy atom. The molecule has 1 unspecified atom stereocenters. The fourth-order valence-electron chi connectivity index (χ4n) is 1.55. The molecular weight excluding hydrogens is 227 g/mol. The van der Waals surface area contributed by atoms with Crippen LogP contribution in [0.5, 0.6) is 0 Å². The maximum Gasteiger partial charge on any atom is 1.00 e. The molecule has 1 rings (SSSR count). The Bertz CT molecular complexity index is 225. The molecule has 1 aliphatic rings. The summed E-state index contributed by atoms with van der Waals surface area (Å²) in [5.41, 5.74) is 0. The zero-order chi connectivity index (χ0) is 9.84. The molecule has 74 valence electrons. The molecule has 0 aromatic carbocycles. The number of nitrogens with one attached hydrogen (secondary N) is 1. The monoisotopic (exact) mass is 240 g/mol. The number of likely N-dealkylation sites (tertiary alicyclic amines) is 1. The van der Waals surface area contributed by atoms with Crippen molar-refractivity contribution in [2.75, 3.05) is 13.1 Å². The van der Waals surface area contributed by atoms with Gasteiger partial charge in [0.1, 0.15) is 0 Å². The smallest absolute Gasteiger partial charge is 0.411 e. The van der Waals surface area contributed by atoms with Gasteiger partial charge in [0, 0.05) is 26.1 Å². The summed E-state index contributed by atoms with van der Waals surface area (Å²) in [6.07, 6.45) is 2.07. The van der Waals surface area contributed by atoms with Gasteiger partial charge in [0.05, 0.1) is 0 Å². The average Bonchev–Trinajstić information content (AvgIpc) is 2.03. The topological polar surface area (TPSA) is 32.3 Å². The summed E-state index contributed by atoms with van der Waals surface area (Å²) >= 11 is 9.82. The van der Waals surface area contributed by atoms with Gasteiger partial charge in [0.2, 0.25) is 5.91 Å². The van der Waals surface area contributed by atoms with Gasteiger partial charge in [0.25, 0.3) is 0 Å². The molecule has 1 atom stereocenters. The molecular formula is C8H13N2NaOS2. The zero-order valence-electron chi connectivity index (χ0n) is 8.58. The third-order valence-corrected chi connectivity index (χ3v) is 2.60. The molecule has 0 radical (unpaired) electrons. The van der Waals surface area contributed by atoms with E-state index >= 15 is 0 Å². The predicted octanol–water partition coefficient (Wildman–Crippen LogP) is -2.58. The van der Waals surface area contributed by atoms with Crippen molar-refractivity contribution in [3.63, 3.8) is 0 Å². The fourth-order valence-corrected chi connectivity index (χ4v) is 1.88. The van der Waals surface area contributed by atoms with Crippen molar-refractivity contribution in [3.05, 3.63) is 0 Å². The number of carbonyl (C=O) groups excluding carboxylic acids is 1. The fraction of sp³-hybridized carbons (Fsp3) is 0.750. The number of hydrogen-bond acceptors (Lipinski definition) is 3. The van der Waals surface area contributed by atoms with Crippen LogP contribution in [0.25, 0.3) is 0 Å². The largest absolute Gasteiger partial charge is 1.00 e. The SMILES string of the molecule is CC(=O)NC1CCCN(C(=S)[S-])C1.[Na+]. The summed E-state index contributed by atoms with van der Waals surface area (Å²) in [5, 5.41) is 2.88. The summed E-state index contributed by atoms with van der Waals surface area (Å²) in [6.45, 7) is 3.23. The minimum absolute atomic E-state index is 0.